The van der Waals surface area contributed by atoms with Crippen LogP contribution in [0, 0.1) is 0 Å². The normalized spacial score (nSPS) is 18.0. The number of hydrogen-bond donors (Lipinski definition) is 1. The summed E-state index contributed by atoms with van der Waals surface area (Å²) in [4.78, 5) is 28.2. The summed E-state index contributed by atoms with van der Waals surface area (Å²) < 4.78 is 0. The number of nitrogens with one attached hydrogen (secondary N) is 1. The third-order valence-electron chi connectivity index (χ3n) is 4.38. The van der Waals surface area contributed by atoms with Gasteiger partial charge in [0, 0.05) is 28.6 Å². The van der Waals surface area contributed by atoms with E-state index in [2.05, 4.69) is 5.32 Å². The number of halogens is 1. The molecule has 2 aromatic rings. The maximum atomic E-state index is 12.7. The highest BCUT2D eigenvalue weighted by Crippen LogP contribution is 2.42. The second-order valence-electron chi connectivity index (χ2n) is 6.46. The number of carbonyl (C=O) groups is 2. The van der Waals surface area contributed by atoms with Gasteiger partial charge < -0.3 is 10.2 Å². The highest BCUT2D eigenvalue weighted by atomic mass is 35.5. The number of benzene rings is 2. The fourth-order valence-corrected chi connectivity index (χ4v) is 4.07. The Bertz CT molecular complexity index is 937. The Hall–Kier alpha value is -2.24. The van der Waals surface area contributed by atoms with E-state index >= 15 is 0 Å². The number of hydrogen-bond acceptors (Lipinski definition) is 3. The Morgan fingerprint density at radius 2 is 2.08 bits per heavy atom. The molecule has 0 saturated heterocycles. The van der Waals surface area contributed by atoms with Gasteiger partial charge in [-0.15, -0.1) is 0 Å². The highest BCUT2D eigenvalue weighted by molar-refractivity contribution is 8.04. The fraction of sp³-hybridized carbons (Fsp3) is 0.200. The van der Waals surface area contributed by atoms with Crippen molar-refractivity contribution >= 4 is 46.9 Å². The van der Waals surface area contributed by atoms with Crippen molar-refractivity contribution in [1.29, 1.82) is 0 Å². The van der Waals surface area contributed by atoms with Crippen molar-refractivity contribution in [3.8, 4) is 0 Å². The molecule has 0 spiro atoms. The van der Waals surface area contributed by atoms with E-state index in [1.165, 1.54) is 11.8 Å². The van der Waals surface area contributed by atoms with E-state index in [0.29, 0.717) is 21.5 Å². The second-order valence-corrected chi connectivity index (χ2v) is 7.98. The Labute approximate surface area is 161 Å². The molecule has 6 heteroatoms. The average molecular weight is 385 g/mol. The molecule has 132 valence electrons. The summed E-state index contributed by atoms with van der Waals surface area (Å²) in [6, 6.07) is 13.2. The molecular formula is C20H17ClN2O2S. The summed E-state index contributed by atoms with van der Waals surface area (Å²) in [5.74, 6) is -0.177. The van der Waals surface area contributed by atoms with Crippen LogP contribution in [-0.2, 0) is 4.79 Å². The summed E-state index contributed by atoms with van der Waals surface area (Å²) in [5.41, 5.74) is 2.22. The molecule has 4 nitrogen and oxygen atoms in total. The molecule has 1 saturated carbocycles. The maximum absolute atomic E-state index is 12.7. The minimum atomic E-state index is -0.0952. The Kier molecular flexibility index (Phi) is 4.51. The van der Waals surface area contributed by atoms with Crippen molar-refractivity contribution in [2.75, 3.05) is 11.9 Å². The lowest BCUT2D eigenvalue weighted by Gasteiger charge is -2.27. The van der Waals surface area contributed by atoms with Crippen LogP contribution in [0.15, 0.2) is 52.3 Å². The summed E-state index contributed by atoms with van der Waals surface area (Å²) in [5, 5.41) is 3.61. The number of amides is 2. The molecular weight excluding hydrogens is 368 g/mol. The Morgan fingerprint density at radius 1 is 1.27 bits per heavy atom. The van der Waals surface area contributed by atoms with Crippen molar-refractivity contribution in [3.63, 3.8) is 0 Å². The molecule has 1 N–H and O–H groups in total. The lowest BCUT2D eigenvalue weighted by atomic mass is 10.1. The largest absolute Gasteiger partial charge is 0.349 e. The Balaban J connectivity index is 1.63. The monoisotopic (exact) mass is 384 g/mol. The van der Waals surface area contributed by atoms with Gasteiger partial charge in [-0.3, -0.25) is 9.59 Å². The van der Waals surface area contributed by atoms with Gasteiger partial charge in [0.05, 0.1) is 10.6 Å². The predicted molar refractivity (Wildman–Crippen MR) is 106 cm³/mol. The molecule has 2 aromatic carbocycles. The van der Waals surface area contributed by atoms with E-state index < -0.39 is 0 Å². The summed E-state index contributed by atoms with van der Waals surface area (Å²) in [6.07, 6.45) is 3.93. The van der Waals surface area contributed by atoms with Crippen LogP contribution in [0.3, 0.4) is 0 Å². The van der Waals surface area contributed by atoms with Crippen LogP contribution in [0.5, 0.6) is 0 Å². The molecule has 4 rings (SSSR count). The van der Waals surface area contributed by atoms with Crippen LogP contribution in [-0.4, -0.2) is 24.9 Å². The zero-order chi connectivity index (χ0) is 18.3. The molecule has 0 bridgehead atoms. The van der Waals surface area contributed by atoms with Gasteiger partial charge in [-0.2, -0.15) is 0 Å². The first kappa shape index (κ1) is 17.2. The molecule has 1 heterocycles. The molecule has 1 fully saturated rings. The number of rotatable bonds is 3. The smallest absolute Gasteiger partial charge is 0.264 e. The van der Waals surface area contributed by atoms with Crippen LogP contribution in [0.2, 0.25) is 5.02 Å². The number of carbonyl (C=O) groups excluding carboxylic acids is 2. The van der Waals surface area contributed by atoms with Gasteiger partial charge in [0.2, 0.25) is 0 Å². The van der Waals surface area contributed by atoms with Gasteiger partial charge in [-0.1, -0.05) is 35.5 Å². The van der Waals surface area contributed by atoms with Gasteiger partial charge in [-0.25, -0.2) is 0 Å². The topological polar surface area (TPSA) is 49.4 Å². The zero-order valence-corrected chi connectivity index (χ0v) is 15.7. The molecule has 2 aliphatic rings. The molecule has 0 radical (unpaired) electrons. The van der Waals surface area contributed by atoms with E-state index in [4.69, 9.17) is 11.6 Å². The molecule has 0 unspecified atom stereocenters. The maximum Gasteiger partial charge on any atom is 0.264 e. The van der Waals surface area contributed by atoms with E-state index in [1.807, 2.05) is 36.4 Å². The van der Waals surface area contributed by atoms with Crippen LogP contribution < -0.4 is 10.2 Å². The second kappa shape index (κ2) is 6.82. The molecule has 26 heavy (non-hydrogen) atoms. The van der Waals surface area contributed by atoms with E-state index in [0.717, 1.165) is 29.0 Å². The number of nitrogens with zero attached hydrogens (tertiary/aromatic N) is 1. The van der Waals surface area contributed by atoms with Crippen LogP contribution in [0.4, 0.5) is 5.69 Å². The molecule has 1 aliphatic carbocycles. The van der Waals surface area contributed by atoms with E-state index in [9.17, 15) is 9.59 Å². The number of thioether (sulfide) groups is 1. The van der Waals surface area contributed by atoms with Crippen molar-refractivity contribution in [1.82, 2.24) is 5.32 Å². The molecule has 2 amide bonds. The summed E-state index contributed by atoms with van der Waals surface area (Å²) in [7, 11) is 1.73. The first-order valence-electron chi connectivity index (χ1n) is 8.39. The van der Waals surface area contributed by atoms with Crippen molar-refractivity contribution in [2.24, 2.45) is 0 Å². The molecule has 1 aliphatic heterocycles. The quantitative estimate of drug-likeness (QED) is 0.801. The van der Waals surface area contributed by atoms with E-state index in [1.54, 1.807) is 24.1 Å². The van der Waals surface area contributed by atoms with Gasteiger partial charge in [-0.05, 0) is 54.8 Å². The van der Waals surface area contributed by atoms with Crippen LogP contribution in [0.1, 0.15) is 28.8 Å². The number of anilines is 1. The third-order valence-corrected chi connectivity index (χ3v) is 5.69. The van der Waals surface area contributed by atoms with Crippen LogP contribution >= 0.6 is 23.4 Å². The SMILES string of the molecule is CN1C(=O)/C(=C/c2cccc(Cl)c2)Sc2ccc(C(=O)NC3CC3)cc21. The van der Waals surface area contributed by atoms with Crippen molar-refractivity contribution in [3.05, 3.63) is 63.5 Å². The summed E-state index contributed by atoms with van der Waals surface area (Å²) >= 11 is 7.44. The van der Waals surface area contributed by atoms with Crippen molar-refractivity contribution < 1.29 is 9.59 Å². The van der Waals surface area contributed by atoms with Gasteiger partial charge in [0.15, 0.2) is 0 Å². The lowest BCUT2D eigenvalue weighted by molar-refractivity contribution is -0.114. The minimum Gasteiger partial charge on any atom is -0.349 e. The minimum absolute atomic E-state index is 0.0820. The third kappa shape index (κ3) is 3.50. The highest BCUT2D eigenvalue weighted by Gasteiger charge is 2.28. The van der Waals surface area contributed by atoms with Gasteiger partial charge in [0.25, 0.3) is 11.8 Å². The van der Waals surface area contributed by atoms with E-state index in [-0.39, 0.29) is 11.8 Å². The Morgan fingerprint density at radius 3 is 2.81 bits per heavy atom. The number of fused-ring (bicyclic) bond motifs is 1. The first-order valence-corrected chi connectivity index (χ1v) is 9.59. The van der Waals surface area contributed by atoms with Gasteiger partial charge >= 0.3 is 0 Å². The van der Waals surface area contributed by atoms with Crippen molar-refractivity contribution in [2.45, 2.75) is 23.8 Å². The first-order chi connectivity index (χ1) is 12.5. The zero-order valence-electron chi connectivity index (χ0n) is 14.2. The predicted octanol–water partition coefficient (Wildman–Crippen LogP) is 4.34. The van der Waals surface area contributed by atoms with Crippen LogP contribution in [0.25, 0.3) is 6.08 Å². The molecule has 0 atom stereocenters. The lowest BCUT2D eigenvalue weighted by Crippen LogP contribution is -2.31. The number of likely N-dealkylation sites (N-methyl/N-ethyl adjacent to an activating group) is 1. The average Bonchev–Trinajstić information content (AvgIpc) is 3.43. The summed E-state index contributed by atoms with van der Waals surface area (Å²) in [6.45, 7) is 0. The standard InChI is InChI=1S/C20H17ClN2O2S/c1-23-16-11-13(19(24)22-15-6-7-15)5-8-17(16)26-18(20(23)25)10-12-3-2-4-14(21)9-12/h2-5,8-11,15H,6-7H2,1H3,(H,22,24)/b18-10-. The molecule has 0 aromatic heterocycles. The van der Waals surface area contributed by atoms with Gasteiger partial charge in [0.1, 0.15) is 0 Å². The fourth-order valence-electron chi connectivity index (χ4n) is 2.78.